The summed E-state index contributed by atoms with van der Waals surface area (Å²) in [6, 6.07) is 0.319. The van der Waals surface area contributed by atoms with E-state index in [-0.39, 0.29) is 5.91 Å². The molecule has 1 atom stereocenters. The van der Waals surface area contributed by atoms with Gasteiger partial charge < -0.3 is 15.5 Å². The fraction of sp³-hybridized carbons (Fsp3) is 0.909. The highest BCUT2D eigenvalue weighted by molar-refractivity contribution is 5.85. The Hall–Kier alpha value is -0.610. The summed E-state index contributed by atoms with van der Waals surface area (Å²) in [6.07, 6.45) is 2.24. The minimum atomic E-state index is -0.759. The molecule has 1 heterocycles. The van der Waals surface area contributed by atoms with Crippen LogP contribution in [-0.4, -0.2) is 54.5 Å². The number of carbonyl (C=O) groups excluding carboxylic acids is 1. The van der Waals surface area contributed by atoms with Crippen molar-refractivity contribution in [3.05, 3.63) is 0 Å². The van der Waals surface area contributed by atoms with Gasteiger partial charge in [-0.3, -0.25) is 4.79 Å². The molecule has 1 aliphatic heterocycles. The number of hydrogen-bond donors (Lipinski definition) is 1. The van der Waals surface area contributed by atoms with Crippen LogP contribution in [0.1, 0.15) is 26.7 Å². The van der Waals surface area contributed by atoms with Gasteiger partial charge in [-0.05, 0) is 40.3 Å². The zero-order chi connectivity index (χ0) is 11.6. The van der Waals surface area contributed by atoms with E-state index >= 15 is 0 Å². The van der Waals surface area contributed by atoms with Crippen molar-refractivity contribution < 1.29 is 4.79 Å². The standard InChI is InChI=1S/C11H23N3O/c1-11(2,12)10(15)14(4)9-6-5-7-13(3)8-9/h9H,5-8,12H2,1-4H3. The highest BCUT2D eigenvalue weighted by Gasteiger charge is 2.31. The summed E-state index contributed by atoms with van der Waals surface area (Å²) in [5.74, 6) is 0.0304. The quantitative estimate of drug-likeness (QED) is 0.716. The molecule has 1 unspecified atom stereocenters. The molecule has 0 aromatic carbocycles. The molecule has 0 saturated carbocycles. The minimum Gasteiger partial charge on any atom is -0.340 e. The monoisotopic (exact) mass is 213 g/mol. The van der Waals surface area contributed by atoms with E-state index < -0.39 is 5.54 Å². The van der Waals surface area contributed by atoms with Crippen molar-refractivity contribution in [3.8, 4) is 0 Å². The molecule has 4 heteroatoms. The smallest absolute Gasteiger partial charge is 0.242 e. The molecule has 4 nitrogen and oxygen atoms in total. The molecular weight excluding hydrogens is 190 g/mol. The number of hydrogen-bond acceptors (Lipinski definition) is 3. The molecular formula is C11H23N3O. The van der Waals surface area contributed by atoms with Crippen LogP contribution in [0.2, 0.25) is 0 Å². The van der Waals surface area contributed by atoms with Crippen LogP contribution in [0.4, 0.5) is 0 Å². The van der Waals surface area contributed by atoms with Crippen molar-refractivity contribution in [2.75, 3.05) is 27.2 Å². The van der Waals surface area contributed by atoms with E-state index in [2.05, 4.69) is 11.9 Å². The first-order chi connectivity index (χ1) is 6.82. The third kappa shape index (κ3) is 3.18. The van der Waals surface area contributed by atoms with Crippen LogP contribution in [0.25, 0.3) is 0 Å². The van der Waals surface area contributed by atoms with E-state index in [0.29, 0.717) is 6.04 Å². The normalized spacial score (nSPS) is 23.9. The second-order valence-electron chi connectivity index (χ2n) is 5.20. The lowest BCUT2D eigenvalue weighted by Gasteiger charge is -2.38. The van der Waals surface area contributed by atoms with Crippen LogP contribution in [-0.2, 0) is 4.79 Å². The molecule has 0 aliphatic carbocycles. The Bertz CT molecular complexity index is 234. The van der Waals surface area contributed by atoms with Crippen LogP contribution in [0.15, 0.2) is 0 Å². The predicted molar refractivity (Wildman–Crippen MR) is 61.6 cm³/mol. The molecule has 88 valence electrons. The Balaban J connectivity index is 2.59. The lowest BCUT2D eigenvalue weighted by molar-refractivity contribution is -0.137. The number of rotatable bonds is 2. The van der Waals surface area contributed by atoms with Gasteiger partial charge in [0.05, 0.1) is 5.54 Å². The second kappa shape index (κ2) is 4.49. The maximum absolute atomic E-state index is 12.0. The minimum absolute atomic E-state index is 0.0304. The first-order valence-electron chi connectivity index (χ1n) is 5.57. The van der Waals surface area contributed by atoms with E-state index in [0.717, 1.165) is 25.9 Å². The number of likely N-dealkylation sites (N-methyl/N-ethyl adjacent to an activating group) is 2. The lowest BCUT2D eigenvalue weighted by atomic mass is 10.0. The van der Waals surface area contributed by atoms with Gasteiger partial charge in [0.1, 0.15) is 0 Å². The van der Waals surface area contributed by atoms with Crippen molar-refractivity contribution >= 4 is 5.91 Å². The van der Waals surface area contributed by atoms with Gasteiger partial charge in [0.25, 0.3) is 0 Å². The van der Waals surface area contributed by atoms with Crippen molar-refractivity contribution in [1.82, 2.24) is 9.80 Å². The zero-order valence-electron chi connectivity index (χ0n) is 10.3. The third-order valence-electron chi connectivity index (χ3n) is 3.02. The molecule has 1 fully saturated rings. The van der Waals surface area contributed by atoms with Gasteiger partial charge >= 0.3 is 0 Å². The van der Waals surface area contributed by atoms with E-state index in [1.54, 1.807) is 13.8 Å². The summed E-state index contributed by atoms with van der Waals surface area (Å²) in [6.45, 7) is 5.61. The maximum atomic E-state index is 12.0. The third-order valence-corrected chi connectivity index (χ3v) is 3.02. The van der Waals surface area contributed by atoms with Crippen molar-refractivity contribution in [2.24, 2.45) is 5.73 Å². The van der Waals surface area contributed by atoms with Crippen LogP contribution in [0, 0.1) is 0 Å². The summed E-state index contributed by atoms with van der Waals surface area (Å²) >= 11 is 0. The topological polar surface area (TPSA) is 49.6 Å². The molecule has 0 aromatic rings. The van der Waals surface area contributed by atoms with E-state index in [1.165, 1.54) is 0 Å². The number of nitrogens with zero attached hydrogens (tertiary/aromatic N) is 2. The van der Waals surface area contributed by atoms with Gasteiger partial charge in [0, 0.05) is 19.6 Å². The highest BCUT2D eigenvalue weighted by Crippen LogP contribution is 2.15. The molecule has 15 heavy (non-hydrogen) atoms. The van der Waals surface area contributed by atoms with Crippen LogP contribution in [0.3, 0.4) is 0 Å². The Kier molecular flexibility index (Phi) is 3.73. The number of carbonyl (C=O) groups is 1. The van der Waals surface area contributed by atoms with E-state index in [9.17, 15) is 4.79 Å². The zero-order valence-corrected chi connectivity index (χ0v) is 10.3. The largest absolute Gasteiger partial charge is 0.340 e. The summed E-state index contributed by atoms with van der Waals surface area (Å²) in [4.78, 5) is 16.0. The highest BCUT2D eigenvalue weighted by atomic mass is 16.2. The Morgan fingerprint density at radius 3 is 2.60 bits per heavy atom. The van der Waals surface area contributed by atoms with Gasteiger partial charge in [-0.1, -0.05) is 0 Å². The molecule has 0 aromatic heterocycles. The average molecular weight is 213 g/mol. The van der Waals surface area contributed by atoms with Gasteiger partial charge in [-0.2, -0.15) is 0 Å². The molecule has 0 bridgehead atoms. The lowest BCUT2D eigenvalue weighted by Crippen LogP contribution is -2.56. The predicted octanol–water partition coefficient (Wildman–Crippen LogP) is 0.276. The van der Waals surface area contributed by atoms with Crippen LogP contribution >= 0.6 is 0 Å². The SMILES string of the molecule is CN1CCCC(N(C)C(=O)C(C)(C)N)C1. The van der Waals surface area contributed by atoms with E-state index in [1.807, 2.05) is 11.9 Å². The van der Waals surface area contributed by atoms with Gasteiger partial charge in [-0.25, -0.2) is 0 Å². The van der Waals surface area contributed by atoms with Crippen molar-refractivity contribution in [2.45, 2.75) is 38.3 Å². The Morgan fingerprint density at radius 2 is 2.13 bits per heavy atom. The number of amides is 1. The summed E-state index contributed by atoms with van der Waals surface area (Å²) in [5.41, 5.74) is 5.06. The number of nitrogens with two attached hydrogens (primary N) is 1. The fourth-order valence-corrected chi connectivity index (χ4v) is 2.08. The maximum Gasteiger partial charge on any atom is 0.242 e. The van der Waals surface area contributed by atoms with Crippen molar-refractivity contribution in [3.63, 3.8) is 0 Å². The molecule has 1 saturated heterocycles. The van der Waals surface area contributed by atoms with Crippen LogP contribution < -0.4 is 5.73 Å². The van der Waals surface area contributed by atoms with Crippen molar-refractivity contribution in [1.29, 1.82) is 0 Å². The molecule has 0 spiro atoms. The number of piperidine rings is 1. The summed E-state index contributed by atoms with van der Waals surface area (Å²) in [7, 11) is 3.96. The number of likely N-dealkylation sites (tertiary alicyclic amines) is 1. The summed E-state index contributed by atoms with van der Waals surface area (Å²) in [5, 5.41) is 0. The molecule has 2 N–H and O–H groups in total. The average Bonchev–Trinajstić information content (AvgIpc) is 2.14. The summed E-state index contributed by atoms with van der Waals surface area (Å²) < 4.78 is 0. The first-order valence-corrected chi connectivity index (χ1v) is 5.57. The molecule has 1 rings (SSSR count). The van der Waals surface area contributed by atoms with E-state index in [4.69, 9.17) is 5.73 Å². The van der Waals surface area contributed by atoms with Gasteiger partial charge in [0.15, 0.2) is 0 Å². The molecule has 1 amide bonds. The second-order valence-corrected chi connectivity index (χ2v) is 5.20. The van der Waals surface area contributed by atoms with Crippen LogP contribution in [0.5, 0.6) is 0 Å². The molecule has 0 radical (unpaired) electrons. The van der Waals surface area contributed by atoms with Gasteiger partial charge in [-0.15, -0.1) is 0 Å². The van der Waals surface area contributed by atoms with Gasteiger partial charge in [0.2, 0.25) is 5.91 Å². The first kappa shape index (κ1) is 12.5. The molecule has 1 aliphatic rings. The Labute approximate surface area is 92.4 Å². The Morgan fingerprint density at radius 1 is 1.53 bits per heavy atom. The fourth-order valence-electron chi connectivity index (χ4n) is 2.08.